The first-order chi connectivity index (χ1) is 9.75. The molecule has 0 aliphatic carbocycles. The van der Waals surface area contributed by atoms with E-state index in [-0.39, 0.29) is 0 Å². The highest BCUT2D eigenvalue weighted by molar-refractivity contribution is 9.14. The Bertz CT molecular complexity index is 750. The van der Waals surface area contributed by atoms with E-state index in [4.69, 9.17) is 4.74 Å². The highest BCUT2D eigenvalue weighted by atomic mass is 79.9. The molecule has 3 rings (SSSR count). The zero-order valence-corrected chi connectivity index (χ0v) is 12.4. The van der Waals surface area contributed by atoms with Crippen LogP contribution in [-0.2, 0) is 6.61 Å². The van der Waals surface area contributed by atoms with E-state index in [0.29, 0.717) is 6.61 Å². The topological polar surface area (TPSA) is 27.1 Å². The van der Waals surface area contributed by atoms with Gasteiger partial charge in [0.05, 0.1) is 15.6 Å². The molecule has 0 aliphatic rings. The maximum atomic E-state index is 5.77. The molecule has 3 nitrogen and oxygen atoms in total. The number of benzene rings is 2. The largest absolute Gasteiger partial charge is 0.486 e. The van der Waals surface area contributed by atoms with Crippen LogP contribution in [0.3, 0.4) is 0 Å². The normalized spacial score (nSPS) is 10.7. The Morgan fingerprint density at radius 1 is 1.10 bits per heavy atom. The molecule has 0 radical (unpaired) electrons. The average Bonchev–Trinajstić information content (AvgIpc) is 2.84. The summed E-state index contributed by atoms with van der Waals surface area (Å²) in [6, 6.07) is 17.7. The molecule has 0 spiro atoms. The number of nitrogens with zero attached hydrogens (tertiary/aromatic N) is 2. The minimum atomic E-state index is 0.392. The van der Waals surface area contributed by atoms with E-state index >= 15 is 0 Å². The molecule has 1 heterocycles. The molecule has 0 fully saturated rings. The van der Waals surface area contributed by atoms with Crippen LogP contribution >= 0.6 is 15.9 Å². The molecule has 1 aromatic heterocycles. The van der Waals surface area contributed by atoms with Crippen LogP contribution in [0.15, 0.2) is 61.2 Å². The fraction of sp³-hybridized carbons (Fsp3) is 0.0625. The van der Waals surface area contributed by atoms with Gasteiger partial charge in [0.1, 0.15) is 12.4 Å². The number of fused-ring (bicyclic) bond motifs is 1. The third kappa shape index (κ3) is 2.47. The number of rotatable bonds is 4. The predicted octanol–water partition coefficient (Wildman–Crippen LogP) is 4.44. The fourth-order valence-electron chi connectivity index (χ4n) is 2.11. The minimum Gasteiger partial charge on any atom is -0.486 e. The van der Waals surface area contributed by atoms with Crippen molar-refractivity contribution in [1.29, 1.82) is 0 Å². The summed E-state index contributed by atoms with van der Waals surface area (Å²) in [6.07, 6.45) is 0. The van der Waals surface area contributed by atoms with E-state index in [9.17, 15) is 0 Å². The van der Waals surface area contributed by atoms with Gasteiger partial charge in [-0.15, -0.1) is 0 Å². The number of imidazole rings is 1. The molecular weight excluding hydrogens is 316 g/mol. The molecule has 0 atom stereocenters. The Kier molecular flexibility index (Phi) is 3.56. The van der Waals surface area contributed by atoms with Gasteiger partial charge in [0.15, 0.2) is 5.82 Å². The highest BCUT2D eigenvalue weighted by Crippen LogP contribution is 2.24. The SMILES string of the molecule is C=C(Br)n1c(COc2ccccc2)nc2ccccc21. The van der Waals surface area contributed by atoms with Crippen molar-refractivity contribution in [3.8, 4) is 5.75 Å². The van der Waals surface area contributed by atoms with Gasteiger partial charge in [-0.05, 0) is 40.2 Å². The van der Waals surface area contributed by atoms with Crippen molar-refractivity contribution in [3.63, 3.8) is 0 Å². The summed E-state index contributed by atoms with van der Waals surface area (Å²) in [5, 5.41) is 0. The van der Waals surface area contributed by atoms with E-state index in [1.54, 1.807) is 0 Å². The monoisotopic (exact) mass is 328 g/mol. The maximum absolute atomic E-state index is 5.77. The Hall–Kier alpha value is -2.07. The average molecular weight is 329 g/mol. The van der Waals surface area contributed by atoms with E-state index in [1.165, 1.54) is 0 Å². The van der Waals surface area contributed by atoms with Gasteiger partial charge in [0, 0.05) is 0 Å². The summed E-state index contributed by atoms with van der Waals surface area (Å²) in [6.45, 7) is 4.34. The molecule has 0 saturated heterocycles. The number of aromatic nitrogens is 2. The van der Waals surface area contributed by atoms with E-state index in [0.717, 1.165) is 27.2 Å². The zero-order valence-electron chi connectivity index (χ0n) is 10.8. The molecule has 0 N–H and O–H groups in total. The van der Waals surface area contributed by atoms with Crippen molar-refractivity contribution < 1.29 is 4.74 Å². The molecule has 0 aliphatic heterocycles. The van der Waals surface area contributed by atoms with E-state index in [2.05, 4.69) is 27.5 Å². The first-order valence-corrected chi connectivity index (χ1v) is 7.04. The van der Waals surface area contributed by atoms with Crippen LogP contribution < -0.4 is 4.74 Å². The predicted molar refractivity (Wildman–Crippen MR) is 84.8 cm³/mol. The van der Waals surface area contributed by atoms with E-state index < -0.39 is 0 Å². The Labute approximate surface area is 125 Å². The van der Waals surface area contributed by atoms with Crippen LogP contribution in [0.1, 0.15) is 5.82 Å². The molecule has 0 unspecified atom stereocenters. The number of ether oxygens (including phenoxy) is 1. The van der Waals surface area contributed by atoms with Gasteiger partial charge in [0.25, 0.3) is 0 Å². The molecule has 4 heteroatoms. The quantitative estimate of drug-likeness (QED) is 0.708. The van der Waals surface area contributed by atoms with E-state index in [1.807, 2.05) is 59.2 Å². The second-order valence-electron chi connectivity index (χ2n) is 4.33. The first-order valence-electron chi connectivity index (χ1n) is 6.24. The third-order valence-electron chi connectivity index (χ3n) is 2.98. The molecule has 100 valence electrons. The Balaban J connectivity index is 1.95. The van der Waals surface area contributed by atoms with Crippen molar-refractivity contribution in [2.24, 2.45) is 0 Å². The summed E-state index contributed by atoms with van der Waals surface area (Å²) in [4.78, 5) is 4.60. The number of halogens is 1. The van der Waals surface area contributed by atoms with Gasteiger partial charge in [-0.2, -0.15) is 0 Å². The Morgan fingerprint density at radius 2 is 1.80 bits per heavy atom. The lowest BCUT2D eigenvalue weighted by Crippen LogP contribution is -2.04. The Morgan fingerprint density at radius 3 is 2.55 bits per heavy atom. The van der Waals surface area contributed by atoms with Crippen LogP contribution in [0.25, 0.3) is 15.6 Å². The van der Waals surface area contributed by atoms with Gasteiger partial charge in [-0.3, -0.25) is 4.57 Å². The van der Waals surface area contributed by atoms with Crippen LogP contribution in [0.5, 0.6) is 5.75 Å². The number of hydrogen-bond donors (Lipinski definition) is 0. The van der Waals surface area contributed by atoms with Crippen LogP contribution in [0.2, 0.25) is 0 Å². The lowest BCUT2D eigenvalue weighted by molar-refractivity contribution is 0.295. The van der Waals surface area contributed by atoms with Gasteiger partial charge < -0.3 is 4.74 Å². The summed E-state index contributed by atoms with van der Waals surface area (Å²) in [5.74, 6) is 1.64. The van der Waals surface area contributed by atoms with Gasteiger partial charge in [-0.25, -0.2) is 4.98 Å². The number of hydrogen-bond acceptors (Lipinski definition) is 2. The summed E-state index contributed by atoms with van der Waals surface area (Å²) < 4.78 is 8.47. The smallest absolute Gasteiger partial charge is 0.152 e. The van der Waals surface area contributed by atoms with Crippen LogP contribution in [-0.4, -0.2) is 9.55 Å². The van der Waals surface area contributed by atoms with Crippen LogP contribution in [0.4, 0.5) is 0 Å². The molecule has 0 saturated carbocycles. The summed E-state index contributed by atoms with van der Waals surface area (Å²) in [5.41, 5.74) is 1.95. The first kappa shape index (κ1) is 12.9. The highest BCUT2D eigenvalue weighted by Gasteiger charge is 2.11. The second kappa shape index (κ2) is 5.51. The zero-order chi connectivity index (χ0) is 13.9. The van der Waals surface area contributed by atoms with Gasteiger partial charge >= 0.3 is 0 Å². The second-order valence-corrected chi connectivity index (χ2v) is 5.25. The molecule has 20 heavy (non-hydrogen) atoms. The van der Waals surface area contributed by atoms with Crippen molar-refractivity contribution in [2.45, 2.75) is 6.61 Å². The molecule has 0 bridgehead atoms. The van der Waals surface area contributed by atoms with Crippen LogP contribution in [0, 0.1) is 0 Å². The summed E-state index contributed by atoms with van der Waals surface area (Å²) >= 11 is 3.43. The lowest BCUT2D eigenvalue weighted by atomic mass is 10.3. The fourth-order valence-corrected chi connectivity index (χ4v) is 2.50. The standard InChI is InChI=1S/C16H13BrN2O/c1-12(17)19-15-10-6-5-9-14(15)18-16(19)11-20-13-7-3-2-4-8-13/h2-10H,1,11H2. The third-order valence-corrected chi connectivity index (χ3v) is 3.34. The molecule has 0 amide bonds. The van der Waals surface area contributed by atoms with Crippen molar-refractivity contribution in [1.82, 2.24) is 9.55 Å². The molecule has 3 aromatic rings. The van der Waals surface area contributed by atoms with Crippen molar-refractivity contribution in [3.05, 3.63) is 67.0 Å². The van der Waals surface area contributed by atoms with Gasteiger partial charge in [0.2, 0.25) is 0 Å². The summed E-state index contributed by atoms with van der Waals surface area (Å²) in [7, 11) is 0. The molecular formula is C16H13BrN2O. The lowest BCUT2D eigenvalue weighted by Gasteiger charge is -2.08. The maximum Gasteiger partial charge on any atom is 0.152 e. The minimum absolute atomic E-state index is 0.392. The molecule has 2 aromatic carbocycles. The van der Waals surface area contributed by atoms with Crippen molar-refractivity contribution in [2.75, 3.05) is 0 Å². The van der Waals surface area contributed by atoms with Gasteiger partial charge in [-0.1, -0.05) is 36.9 Å². The van der Waals surface area contributed by atoms with Crippen molar-refractivity contribution >= 4 is 31.6 Å². The number of para-hydroxylation sites is 3.